The molecule has 1 unspecified atom stereocenters. The molecule has 1 heterocycles. The highest BCUT2D eigenvalue weighted by molar-refractivity contribution is 8.00. The summed E-state index contributed by atoms with van der Waals surface area (Å²) >= 11 is 1.70. The molecule has 18 heavy (non-hydrogen) atoms. The molecular weight excluding hydrogens is 252 g/mol. The number of thioether (sulfide) groups is 1. The quantitative estimate of drug-likeness (QED) is 0.641. The van der Waals surface area contributed by atoms with E-state index in [0.29, 0.717) is 17.4 Å². The maximum atomic E-state index is 11.6. The lowest BCUT2D eigenvalue weighted by Crippen LogP contribution is -2.35. The van der Waals surface area contributed by atoms with Gasteiger partial charge in [-0.1, -0.05) is 0 Å². The van der Waals surface area contributed by atoms with Gasteiger partial charge in [0.15, 0.2) is 0 Å². The molecule has 104 valence electrons. The molecule has 1 fully saturated rings. The Kier molecular flexibility index (Phi) is 7.12. The molecule has 0 radical (unpaired) electrons. The molecule has 6 heteroatoms. The van der Waals surface area contributed by atoms with Gasteiger partial charge in [0.1, 0.15) is 0 Å². The van der Waals surface area contributed by atoms with Crippen LogP contribution in [-0.2, 0) is 9.59 Å². The number of hydrogen-bond acceptors (Lipinski definition) is 4. The molecule has 0 aliphatic carbocycles. The van der Waals surface area contributed by atoms with Gasteiger partial charge in [-0.25, -0.2) is 0 Å². The zero-order valence-corrected chi connectivity index (χ0v) is 11.6. The van der Waals surface area contributed by atoms with Gasteiger partial charge in [-0.2, -0.15) is 0 Å². The van der Waals surface area contributed by atoms with E-state index in [1.807, 2.05) is 6.92 Å². The monoisotopic (exact) mass is 274 g/mol. The summed E-state index contributed by atoms with van der Waals surface area (Å²) in [5.74, 6) is -0.334. The van der Waals surface area contributed by atoms with Crippen LogP contribution in [0.15, 0.2) is 0 Å². The van der Waals surface area contributed by atoms with Gasteiger partial charge in [0, 0.05) is 17.7 Å². The Bertz CT molecular complexity index is 280. The Morgan fingerprint density at radius 3 is 2.72 bits per heavy atom. The minimum Gasteiger partial charge on any atom is -0.481 e. The van der Waals surface area contributed by atoms with Crippen LogP contribution in [0, 0.1) is 0 Å². The van der Waals surface area contributed by atoms with Gasteiger partial charge < -0.3 is 15.7 Å². The zero-order valence-electron chi connectivity index (χ0n) is 10.8. The highest BCUT2D eigenvalue weighted by Gasteiger charge is 2.15. The van der Waals surface area contributed by atoms with E-state index in [1.54, 1.807) is 11.8 Å². The van der Waals surface area contributed by atoms with Crippen molar-refractivity contribution in [3.8, 4) is 0 Å². The Hall–Kier alpha value is -0.750. The van der Waals surface area contributed by atoms with Gasteiger partial charge >= 0.3 is 5.97 Å². The lowest BCUT2D eigenvalue weighted by molar-refractivity contribution is -0.137. The van der Waals surface area contributed by atoms with E-state index in [4.69, 9.17) is 5.11 Å². The minimum atomic E-state index is -0.819. The number of carbonyl (C=O) groups is 2. The highest BCUT2D eigenvalue weighted by Crippen LogP contribution is 2.19. The standard InChI is InChI=1S/C12H22N2O3S/c1-9(2-3-12(16)17)14-11(15)8-18-10-4-6-13-7-5-10/h9-10,13H,2-8H2,1H3,(H,14,15)(H,16,17). The number of rotatable bonds is 7. The molecule has 0 saturated carbocycles. The Morgan fingerprint density at radius 2 is 2.11 bits per heavy atom. The fourth-order valence-electron chi connectivity index (χ4n) is 1.88. The predicted octanol–water partition coefficient (Wildman–Crippen LogP) is 0.841. The van der Waals surface area contributed by atoms with E-state index in [2.05, 4.69) is 10.6 Å². The lowest BCUT2D eigenvalue weighted by Gasteiger charge is -2.22. The molecule has 5 nitrogen and oxygen atoms in total. The number of amides is 1. The smallest absolute Gasteiger partial charge is 0.303 e. The van der Waals surface area contributed by atoms with E-state index < -0.39 is 5.97 Å². The van der Waals surface area contributed by atoms with Crippen molar-refractivity contribution in [3.63, 3.8) is 0 Å². The summed E-state index contributed by atoms with van der Waals surface area (Å²) in [5, 5.41) is 15.3. The highest BCUT2D eigenvalue weighted by atomic mass is 32.2. The predicted molar refractivity (Wildman–Crippen MR) is 72.8 cm³/mol. The summed E-state index contributed by atoms with van der Waals surface area (Å²) in [5.41, 5.74) is 0. The van der Waals surface area contributed by atoms with E-state index in [1.165, 1.54) is 0 Å². The number of carboxylic acids is 1. The second-order valence-electron chi connectivity index (χ2n) is 4.66. The van der Waals surface area contributed by atoms with Crippen LogP contribution in [0.2, 0.25) is 0 Å². The Morgan fingerprint density at radius 1 is 1.44 bits per heavy atom. The van der Waals surface area contributed by atoms with Crippen LogP contribution in [0.25, 0.3) is 0 Å². The number of nitrogens with one attached hydrogen (secondary N) is 2. The number of hydrogen-bond donors (Lipinski definition) is 3. The average Bonchev–Trinajstić information content (AvgIpc) is 2.35. The number of carboxylic acid groups (broad SMARTS) is 1. The molecule has 1 aliphatic rings. The maximum absolute atomic E-state index is 11.6. The summed E-state index contributed by atoms with van der Waals surface area (Å²) in [4.78, 5) is 22.0. The normalized spacial score (nSPS) is 18.3. The van der Waals surface area contributed by atoms with Crippen molar-refractivity contribution in [2.45, 2.75) is 43.9 Å². The van der Waals surface area contributed by atoms with Crippen molar-refractivity contribution in [1.29, 1.82) is 0 Å². The van der Waals surface area contributed by atoms with Crippen LogP contribution < -0.4 is 10.6 Å². The van der Waals surface area contributed by atoms with E-state index in [9.17, 15) is 9.59 Å². The third-order valence-electron chi connectivity index (χ3n) is 2.93. The van der Waals surface area contributed by atoms with Crippen molar-refractivity contribution < 1.29 is 14.7 Å². The zero-order chi connectivity index (χ0) is 13.4. The van der Waals surface area contributed by atoms with Gasteiger partial charge in [-0.05, 0) is 39.3 Å². The molecule has 0 aromatic heterocycles. The average molecular weight is 274 g/mol. The van der Waals surface area contributed by atoms with Gasteiger partial charge in [0.25, 0.3) is 0 Å². The molecule has 1 rings (SSSR count). The van der Waals surface area contributed by atoms with Crippen LogP contribution in [0.4, 0.5) is 0 Å². The van der Waals surface area contributed by atoms with Gasteiger partial charge in [0.05, 0.1) is 5.75 Å². The van der Waals surface area contributed by atoms with E-state index >= 15 is 0 Å². The van der Waals surface area contributed by atoms with E-state index in [0.717, 1.165) is 25.9 Å². The van der Waals surface area contributed by atoms with Crippen molar-refractivity contribution in [1.82, 2.24) is 10.6 Å². The Balaban J connectivity index is 2.10. The second-order valence-corrected chi connectivity index (χ2v) is 5.95. The van der Waals surface area contributed by atoms with Crippen molar-refractivity contribution in [2.75, 3.05) is 18.8 Å². The minimum absolute atomic E-state index is 0.0106. The number of carbonyl (C=O) groups excluding carboxylic acids is 1. The number of aliphatic carboxylic acids is 1. The third-order valence-corrected chi connectivity index (χ3v) is 4.31. The van der Waals surface area contributed by atoms with Crippen molar-refractivity contribution >= 4 is 23.6 Å². The van der Waals surface area contributed by atoms with Crippen LogP contribution in [0.5, 0.6) is 0 Å². The lowest BCUT2D eigenvalue weighted by atomic mass is 10.2. The number of piperidine rings is 1. The van der Waals surface area contributed by atoms with Crippen molar-refractivity contribution in [3.05, 3.63) is 0 Å². The molecule has 1 amide bonds. The molecule has 0 bridgehead atoms. The van der Waals surface area contributed by atoms with Crippen LogP contribution in [0.3, 0.4) is 0 Å². The first kappa shape index (κ1) is 15.3. The molecule has 1 saturated heterocycles. The molecule has 1 atom stereocenters. The first-order chi connectivity index (χ1) is 8.58. The molecule has 1 aliphatic heterocycles. The fourth-order valence-corrected chi connectivity index (χ4v) is 2.92. The summed E-state index contributed by atoms with van der Waals surface area (Å²) in [6.45, 7) is 3.92. The van der Waals surface area contributed by atoms with Gasteiger partial charge in [-0.3, -0.25) is 9.59 Å². The van der Waals surface area contributed by atoms with Crippen LogP contribution in [0.1, 0.15) is 32.6 Å². The summed E-state index contributed by atoms with van der Waals surface area (Å²) in [7, 11) is 0. The summed E-state index contributed by atoms with van der Waals surface area (Å²) in [6, 6.07) is -0.0674. The Labute approximate surface area is 112 Å². The van der Waals surface area contributed by atoms with Crippen molar-refractivity contribution in [2.24, 2.45) is 0 Å². The first-order valence-corrected chi connectivity index (χ1v) is 7.46. The van der Waals surface area contributed by atoms with Crippen LogP contribution in [-0.4, -0.2) is 47.1 Å². The topological polar surface area (TPSA) is 78.4 Å². The SMILES string of the molecule is CC(CCC(=O)O)NC(=O)CSC1CCNCC1. The molecular formula is C12H22N2O3S. The third kappa shape index (κ3) is 6.86. The van der Waals surface area contributed by atoms with E-state index in [-0.39, 0.29) is 18.4 Å². The largest absolute Gasteiger partial charge is 0.481 e. The molecule has 0 spiro atoms. The second kappa shape index (κ2) is 8.37. The van der Waals surface area contributed by atoms with Crippen LogP contribution >= 0.6 is 11.8 Å². The molecule has 0 aromatic rings. The maximum Gasteiger partial charge on any atom is 0.303 e. The summed E-state index contributed by atoms with van der Waals surface area (Å²) < 4.78 is 0. The summed E-state index contributed by atoms with van der Waals surface area (Å²) in [6.07, 6.45) is 2.82. The first-order valence-electron chi connectivity index (χ1n) is 6.41. The molecule has 0 aromatic carbocycles. The van der Waals surface area contributed by atoms with Gasteiger partial charge in [0.2, 0.25) is 5.91 Å². The van der Waals surface area contributed by atoms with Gasteiger partial charge in [-0.15, -0.1) is 11.8 Å². The molecule has 3 N–H and O–H groups in total. The fraction of sp³-hybridized carbons (Fsp3) is 0.833.